The normalized spacial score (nSPS) is 12.7. The van der Waals surface area contributed by atoms with Crippen LogP contribution in [0.2, 0.25) is 0 Å². The maximum atomic E-state index is 12.6. The van der Waals surface area contributed by atoms with Gasteiger partial charge in [0.1, 0.15) is 5.75 Å². The molecule has 0 aromatic heterocycles. The van der Waals surface area contributed by atoms with E-state index in [-0.39, 0.29) is 18.4 Å². The van der Waals surface area contributed by atoms with Gasteiger partial charge in [0.05, 0.1) is 23.5 Å². The second kappa shape index (κ2) is 6.39. The first-order valence-corrected chi connectivity index (χ1v) is 7.28. The van der Waals surface area contributed by atoms with Gasteiger partial charge in [0.2, 0.25) is 0 Å². The van der Waals surface area contributed by atoms with Crippen molar-refractivity contribution in [3.8, 4) is 11.5 Å². The van der Waals surface area contributed by atoms with Crippen LogP contribution in [0.15, 0.2) is 42.5 Å². The van der Waals surface area contributed by atoms with Gasteiger partial charge in [-0.1, -0.05) is 18.2 Å². The summed E-state index contributed by atoms with van der Waals surface area (Å²) in [6.07, 6.45) is 0. The summed E-state index contributed by atoms with van der Waals surface area (Å²) < 4.78 is 10.9. The molecule has 1 heterocycles. The van der Waals surface area contributed by atoms with Crippen LogP contribution in [-0.4, -0.2) is 25.0 Å². The van der Waals surface area contributed by atoms with Crippen LogP contribution in [0.4, 0.5) is 11.4 Å². The molecule has 0 spiro atoms. The zero-order valence-corrected chi connectivity index (χ0v) is 12.6. The Bertz CT molecular complexity index is 758. The average molecular weight is 312 g/mol. The molecule has 118 valence electrons. The van der Waals surface area contributed by atoms with E-state index in [2.05, 4.69) is 10.6 Å². The molecule has 2 aromatic carbocycles. The first-order chi connectivity index (χ1) is 11.2. The molecule has 2 N–H and O–H groups in total. The number of para-hydroxylation sites is 3. The topological polar surface area (TPSA) is 76.7 Å². The van der Waals surface area contributed by atoms with Crippen LogP contribution in [0.25, 0.3) is 0 Å². The van der Waals surface area contributed by atoms with Crippen molar-refractivity contribution in [2.24, 2.45) is 0 Å². The maximum Gasteiger partial charge on any atom is 0.262 e. The standard InChI is InChI=1S/C17H16N2O4/c1-2-22-14-9-4-3-7-12(14)19-17(21)11-6-5-8-13-16(11)23-10-15(20)18-13/h3-9H,2,10H2,1H3,(H,18,20)(H,19,21). The van der Waals surface area contributed by atoms with E-state index in [0.717, 1.165) is 0 Å². The third kappa shape index (κ3) is 3.11. The summed E-state index contributed by atoms with van der Waals surface area (Å²) in [4.78, 5) is 23.9. The van der Waals surface area contributed by atoms with Crippen molar-refractivity contribution < 1.29 is 19.1 Å². The molecular formula is C17H16N2O4. The number of carbonyl (C=O) groups excluding carboxylic acids is 2. The number of fused-ring (bicyclic) bond motifs is 1. The predicted octanol–water partition coefficient (Wildman–Crippen LogP) is 2.67. The summed E-state index contributed by atoms with van der Waals surface area (Å²) in [7, 11) is 0. The average Bonchev–Trinajstić information content (AvgIpc) is 2.56. The molecule has 3 rings (SSSR count). The van der Waals surface area contributed by atoms with Gasteiger partial charge in [-0.25, -0.2) is 0 Å². The SMILES string of the molecule is CCOc1ccccc1NC(=O)c1cccc2c1OCC(=O)N2. The first kappa shape index (κ1) is 14.9. The third-order valence-electron chi connectivity index (χ3n) is 3.32. The van der Waals surface area contributed by atoms with E-state index in [1.807, 2.05) is 19.1 Å². The number of nitrogens with one attached hydrogen (secondary N) is 2. The second-order valence-electron chi connectivity index (χ2n) is 4.90. The number of benzene rings is 2. The third-order valence-corrected chi connectivity index (χ3v) is 3.32. The monoisotopic (exact) mass is 312 g/mol. The number of hydrogen-bond donors (Lipinski definition) is 2. The summed E-state index contributed by atoms with van der Waals surface area (Å²) in [5.74, 6) is 0.405. The van der Waals surface area contributed by atoms with Gasteiger partial charge in [-0.15, -0.1) is 0 Å². The fraction of sp³-hybridized carbons (Fsp3) is 0.176. The van der Waals surface area contributed by atoms with Crippen LogP contribution < -0.4 is 20.1 Å². The molecule has 0 fully saturated rings. The molecule has 0 saturated heterocycles. The van der Waals surface area contributed by atoms with E-state index < -0.39 is 0 Å². The van der Waals surface area contributed by atoms with Crippen molar-refractivity contribution in [3.05, 3.63) is 48.0 Å². The Labute approximate surface area is 133 Å². The fourth-order valence-electron chi connectivity index (χ4n) is 2.33. The number of rotatable bonds is 4. The van der Waals surface area contributed by atoms with Crippen molar-refractivity contribution in [2.75, 3.05) is 23.8 Å². The lowest BCUT2D eigenvalue weighted by Crippen LogP contribution is -2.27. The molecular weight excluding hydrogens is 296 g/mol. The number of carbonyl (C=O) groups is 2. The zero-order chi connectivity index (χ0) is 16.2. The molecule has 2 amide bonds. The quantitative estimate of drug-likeness (QED) is 0.910. The molecule has 1 aliphatic heterocycles. The molecule has 1 aliphatic rings. The van der Waals surface area contributed by atoms with Crippen LogP contribution >= 0.6 is 0 Å². The summed E-state index contributed by atoms with van der Waals surface area (Å²) >= 11 is 0. The Kier molecular flexibility index (Phi) is 4.14. The lowest BCUT2D eigenvalue weighted by atomic mass is 10.1. The van der Waals surface area contributed by atoms with Crippen molar-refractivity contribution in [3.63, 3.8) is 0 Å². The van der Waals surface area contributed by atoms with Gasteiger partial charge in [0.15, 0.2) is 12.4 Å². The van der Waals surface area contributed by atoms with Crippen LogP contribution in [0.3, 0.4) is 0 Å². The molecule has 0 saturated carbocycles. The molecule has 0 bridgehead atoms. The van der Waals surface area contributed by atoms with E-state index in [1.165, 1.54) is 0 Å². The Morgan fingerprint density at radius 1 is 1.26 bits per heavy atom. The smallest absolute Gasteiger partial charge is 0.262 e. The number of ether oxygens (including phenoxy) is 2. The molecule has 23 heavy (non-hydrogen) atoms. The van der Waals surface area contributed by atoms with Crippen molar-refractivity contribution in [2.45, 2.75) is 6.92 Å². The maximum absolute atomic E-state index is 12.6. The number of anilines is 2. The van der Waals surface area contributed by atoms with Gasteiger partial charge in [-0.05, 0) is 31.2 Å². The highest BCUT2D eigenvalue weighted by Gasteiger charge is 2.22. The second-order valence-corrected chi connectivity index (χ2v) is 4.90. The highest BCUT2D eigenvalue weighted by atomic mass is 16.5. The van der Waals surface area contributed by atoms with Crippen LogP contribution in [0.5, 0.6) is 11.5 Å². The highest BCUT2D eigenvalue weighted by Crippen LogP contribution is 2.33. The molecule has 0 unspecified atom stereocenters. The van der Waals surface area contributed by atoms with E-state index in [1.54, 1.807) is 30.3 Å². The molecule has 0 atom stereocenters. The van der Waals surface area contributed by atoms with Gasteiger partial charge in [-0.3, -0.25) is 9.59 Å². The first-order valence-electron chi connectivity index (χ1n) is 7.28. The summed E-state index contributed by atoms with van der Waals surface area (Å²) in [5, 5.41) is 5.50. The van der Waals surface area contributed by atoms with E-state index >= 15 is 0 Å². The lowest BCUT2D eigenvalue weighted by Gasteiger charge is -2.20. The Morgan fingerprint density at radius 3 is 2.91 bits per heavy atom. The van der Waals surface area contributed by atoms with Gasteiger partial charge in [-0.2, -0.15) is 0 Å². The predicted molar refractivity (Wildman–Crippen MR) is 86.1 cm³/mol. The molecule has 0 radical (unpaired) electrons. The Hall–Kier alpha value is -3.02. The van der Waals surface area contributed by atoms with E-state index in [4.69, 9.17) is 9.47 Å². The minimum atomic E-state index is -0.329. The minimum absolute atomic E-state index is 0.104. The fourth-order valence-corrected chi connectivity index (χ4v) is 2.33. The van der Waals surface area contributed by atoms with Gasteiger partial charge in [0, 0.05) is 0 Å². The van der Waals surface area contributed by atoms with Crippen LogP contribution in [0, 0.1) is 0 Å². The molecule has 6 heteroatoms. The largest absolute Gasteiger partial charge is 0.492 e. The Morgan fingerprint density at radius 2 is 2.09 bits per heavy atom. The summed E-state index contributed by atoms with van der Waals surface area (Å²) in [5.41, 5.74) is 1.43. The van der Waals surface area contributed by atoms with Gasteiger partial charge in [0.25, 0.3) is 11.8 Å². The van der Waals surface area contributed by atoms with Gasteiger partial charge >= 0.3 is 0 Å². The van der Waals surface area contributed by atoms with Crippen molar-refractivity contribution in [1.29, 1.82) is 0 Å². The summed E-state index contributed by atoms with van der Waals surface area (Å²) in [6.45, 7) is 2.28. The minimum Gasteiger partial charge on any atom is -0.492 e. The molecule has 6 nitrogen and oxygen atoms in total. The molecule has 0 aliphatic carbocycles. The highest BCUT2D eigenvalue weighted by molar-refractivity contribution is 6.09. The van der Waals surface area contributed by atoms with E-state index in [9.17, 15) is 9.59 Å². The lowest BCUT2D eigenvalue weighted by molar-refractivity contribution is -0.118. The summed E-state index contributed by atoms with van der Waals surface area (Å²) in [6, 6.07) is 12.2. The van der Waals surface area contributed by atoms with Crippen molar-refractivity contribution >= 4 is 23.2 Å². The molecule has 2 aromatic rings. The zero-order valence-electron chi connectivity index (χ0n) is 12.6. The Balaban J connectivity index is 1.88. The van der Waals surface area contributed by atoms with Crippen LogP contribution in [-0.2, 0) is 4.79 Å². The van der Waals surface area contributed by atoms with Crippen LogP contribution in [0.1, 0.15) is 17.3 Å². The number of hydrogen-bond acceptors (Lipinski definition) is 4. The van der Waals surface area contributed by atoms with Crippen molar-refractivity contribution in [1.82, 2.24) is 0 Å². The van der Waals surface area contributed by atoms with Gasteiger partial charge < -0.3 is 20.1 Å². The van der Waals surface area contributed by atoms with E-state index in [0.29, 0.717) is 35.0 Å². The number of amides is 2.